The number of aliphatic carboxylic acids is 1. The molecule has 94 valence electrons. The van der Waals surface area contributed by atoms with E-state index in [1.807, 2.05) is 0 Å². The Kier molecular flexibility index (Phi) is 6.46. The lowest BCUT2D eigenvalue weighted by Gasteiger charge is -2.21. The molecule has 0 aromatic carbocycles. The summed E-state index contributed by atoms with van der Waals surface area (Å²) in [4.78, 5) is 11.2. The molecule has 1 aliphatic carbocycles. The van der Waals surface area contributed by atoms with E-state index in [4.69, 9.17) is 4.74 Å². The Morgan fingerprint density at radius 1 is 1.25 bits per heavy atom. The highest BCUT2D eigenvalue weighted by Crippen LogP contribution is 2.32. The molecule has 0 bridgehead atoms. The Morgan fingerprint density at radius 3 is 2.69 bits per heavy atom. The van der Waals surface area contributed by atoms with Gasteiger partial charge in [-0.1, -0.05) is 25.7 Å². The lowest BCUT2D eigenvalue weighted by Crippen LogP contribution is -2.22. The highest BCUT2D eigenvalue weighted by Gasteiger charge is 2.28. The van der Waals surface area contributed by atoms with Crippen LogP contribution in [0.3, 0.4) is 0 Å². The van der Waals surface area contributed by atoms with Crippen LogP contribution in [0, 0.1) is 11.8 Å². The Balaban J connectivity index is 2.35. The zero-order chi connectivity index (χ0) is 11.8. The van der Waals surface area contributed by atoms with Crippen molar-refractivity contribution in [3.63, 3.8) is 0 Å². The van der Waals surface area contributed by atoms with Gasteiger partial charge in [0.15, 0.2) is 0 Å². The summed E-state index contributed by atoms with van der Waals surface area (Å²) in [6, 6.07) is 0. The maximum atomic E-state index is 11.2. The van der Waals surface area contributed by atoms with E-state index in [-0.39, 0.29) is 5.92 Å². The summed E-state index contributed by atoms with van der Waals surface area (Å²) in [5, 5.41) is 9.21. The van der Waals surface area contributed by atoms with Crippen LogP contribution in [0.25, 0.3) is 0 Å². The van der Waals surface area contributed by atoms with Crippen molar-refractivity contribution in [3.05, 3.63) is 0 Å². The quantitative estimate of drug-likeness (QED) is 0.561. The molecule has 2 atom stereocenters. The molecule has 0 aromatic heterocycles. The summed E-state index contributed by atoms with van der Waals surface area (Å²) in [5.41, 5.74) is 0. The van der Waals surface area contributed by atoms with Crippen LogP contribution in [-0.2, 0) is 9.53 Å². The van der Waals surface area contributed by atoms with Crippen molar-refractivity contribution >= 4 is 5.97 Å². The van der Waals surface area contributed by atoms with Crippen molar-refractivity contribution < 1.29 is 14.6 Å². The van der Waals surface area contributed by atoms with E-state index in [0.29, 0.717) is 5.92 Å². The van der Waals surface area contributed by atoms with E-state index >= 15 is 0 Å². The molecule has 3 nitrogen and oxygen atoms in total. The molecule has 0 radical (unpaired) electrons. The summed E-state index contributed by atoms with van der Waals surface area (Å²) >= 11 is 0. The van der Waals surface area contributed by atoms with Crippen LogP contribution >= 0.6 is 0 Å². The van der Waals surface area contributed by atoms with Crippen LogP contribution in [0.5, 0.6) is 0 Å². The van der Waals surface area contributed by atoms with Gasteiger partial charge in [0.05, 0.1) is 5.92 Å². The first-order valence-electron chi connectivity index (χ1n) is 6.47. The third kappa shape index (κ3) is 4.52. The molecule has 1 rings (SSSR count). The molecule has 0 spiro atoms. The first-order chi connectivity index (χ1) is 7.75. The fourth-order valence-corrected chi connectivity index (χ4v) is 2.71. The van der Waals surface area contributed by atoms with E-state index in [1.165, 1.54) is 12.8 Å². The van der Waals surface area contributed by atoms with Crippen molar-refractivity contribution in [1.29, 1.82) is 0 Å². The zero-order valence-corrected chi connectivity index (χ0v) is 10.3. The normalized spacial score (nSPS) is 26.3. The second kappa shape index (κ2) is 7.66. The van der Waals surface area contributed by atoms with Gasteiger partial charge in [0.25, 0.3) is 0 Å². The standard InChI is InChI=1S/C13H24O3/c1-16-10-6-5-8-11-7-3-2-4-9-12(11)13(14)15/h11-12H,2-10H2,1H3,(H,14,15). The van der Waals surface area contributed by atoms with E-state index in [2.05, 4.69) is 0 Å². The third-order valence-electron chi connectivity index (χ3n) is 3.65. The fraction of sp³-hybridized carbons (Fsp3) is 0.923. The number of rotatable bonds is 6. The molecule has 16 heavy (non-hydrogen) atoms. The van der Waals surface area contributed by atoms with Gasteiger partial charge in [0.1, 0.15) is 0 Å². The SMILES string of the molecule is COCCCCC1CCCCCC1C(=O)O. The maximum absolute atomic E-state index is 11.2. The van der Waals surface area contributed by atoms with Gasteiger partial charge in [-0.25, -0.2) is 0 Å². The lowest BCUT2D eigenvalue weighted by molar-refractivity contribution is -0.144. The summed E-state index contributed by atoms with van der Waals surface area (Å²) in [5.74, 6) is -0.277. The molecular formula is C13H24O3. The van der Waals surface area contributed by atoms with Crippen LogP contribution < -0.4 is 0 Å². The molecule has 1 saturated carbocycles. The van der Waals surface area contributed by atoms with Crippen LogP contribution in [0.1, 0.15) is 51.4 Å². The Bertz CT molecular complexity index is 203. The monoisotopic (exact) mass is 228 g/mol. The summed E-state index contributed by atoms with van der Waals surface area (Å²) in [7, 11) is 1.71. The number of carboxylic acid groups (broad SMARTS) is 1. The second-order valence-electron chi connectivity index (χ2n) is 4.83. The molecule has 1 fully saturated rings. The van der Waals surface area contributed by atoms with Gasteiger partial charge in [-0.15, -0.1) is 0 Å². The van der Waals surface area contributed by atoms with Gasteiger partial charge in [-0.2, -0.15) is 0 Å². The van der Waals surface area contributed by atoms with Crippen LogP contribution in [-0.4, -0.2) is 24.8 Å². The molecule has 0 aromatic rings. The van der Waals surface area contributed by atoms with Crippen LogP contribution in [0.15, 0.2) is 0 Å². The van der Waals surface area contributed by atoms with Gasteiger partial charge >= 0.3 is 5.97 Å². The highest BCUT2D eigenvalue weighted by molar-refractivity contribution is 5.70. The molecule has 0 amide bonds. The van der Waals surface area contributed by atoms with E-state index in [1.54, 1.807) is 7.11 Å². The van der Waals surface area contributed by atoms with E-state index in [0.717, 1.165) is 45.1 Å². The molecule has 0 saturated heterocycles. The highest BCUT2D eigenvalue weighted by atomic mass is 16.5. The largest absolute Gasteiger partial charge is 0.481 e. The Morgan fingerprint density at radius 2 is 2.00 bits per heavy atom. The lowest BCUT2D eigenvalue weighted by atomic mass is 9.84. The van der Waals surface area contributed by atoms with Gasteiger partial charge in [-0.3, -0.25) is 4.79 Å². The summed E-state index contributed by atoms with van der Waals surface area (Å²) in [6.45, 7) is 0.796. The minimum Gasteiger partial charge on any atom is -0.481 e. The van der Waals surface area contributed by atoms with Gasteiger partial charge in [-0.05, 0) is 31.6 Å². The minimum atomic E-state index is -0.585. The average molecular weight is 228 g/mol. The fourth-order valence-electron chi connectivity index (χ4n) is 2.71. The van der Waals surface area contributed by atoms with E-state index < -0.39 is 5.97 Å². The number of ether oxygens (including phenoxy) is 1. The molecule has 0 aliphatic heterocycles. The smallest absolute Gasteiger partial charge is 0.306 e. The second-order valence-corrected chi connectivity index (χ2v) is 4.83. The average Bonchev–Trinajstić information content (AvgIpc) is 2.49. The minimum absolute atomic E-state index is 0.0926. The number of methoxy groups -OCH3 is 1. The summed E-state index contributed by atoms with van der Waals surface area (Å²) < 4.78 is 5.01. The van der Waals surface area contributed by atoms with E-state index in [9.17, 15) is 9.90 Å². The maximum Gasteiger partial charge on any atom is 0.306 e. The van der Waals surface area contributed by atoms with Crippen molar-refractivity contribution in [2.24, 2.45) is 11.8 Å². The molecule has 1 aliphatic rings. The number of hydrogen-bond acceptors (Lipinski definition) is 2. The molecular weight excluding hydrogens is 204 g/mol. The number of carbonyl (C=O) groups is 1. The third-order valence-corrected chi connectivity index (χ3v) is 3.65. The zero-order valence-electron chi connectivity index (χ0n) is 10.3. The van der Waals surface area contributed by atoms with Gasteiger partial charge in [0.2, 0.25) is 0 Å². The molecule has 1 N–H and O–H groups in total. The van der Waals surface area contributed by atoms with Crippen molar-refractivity contribution in [2.75, 3.05) is 13.7 Å². The van der Waals surface area contributed by atoms with Crippen LogP contribution in [0.4, 0.5) is 0 Å². The van der Waals surface area contributed by atoms with Crippen molar-refractivity contribution in [3.8, 4) is 0 Å². The predicted molar refractivity (Wildman–Crippen MR) is 63.4 cm³/mol. The molecule has 2 unspecified atom stereocenters. The topological polar surface area (TPSA) is 46.5 Å². The predicted octanol–water partition coefficient (Wildman–Crippen LogP) is 3.08. The molecule has 3 heteroatoms. The van der Waals surface area contributed by atoms with Crippen molar-refractivity contribution in [2.45, 2.75) is 51.4 Å². The number of hydrogen-bond donors (Lipinski definition) is 1. The first kappa shape index (κ1) is 13.5. The Labute approximate surface area is 98.2 Å². The van der Waals surface area contributed by atoms with Gasteiger partial charge in [0, 0.05) is 13.7 Å². The van der Waals surface area contributed by atoms with Gasteiger partial charge < -0.3 is 9.84 Å². The van der Waals surface area contributed by atoms with Crippen molar-refractivity contribution in [1.82, 2.24) is 0 Å². The summed E-state index contributed by atoms with van der Waals surface area (Å²) in [6.07, 6.45) is 8.69. The molecule has 0 heterocycles. The number of unbranched alkanes of at least 4 members (excludes halogenated alkanes) is 1. The number of carboxylic acids is 1. The van der Waals surface area contributed by atoms with Crippen LogP contribution in [0.2, 0.25) is 0 Å². The Hall–Kier alpha value is -0.570. The first-order valence-corrected chi connectivity index (χ1v) is 6.47.